The average molecular weight is 309 g/mol. The number of aryl methyl sites for hydroxylation is 3. The molecule has 1 saturated heterocycles. The maximum absolute atomic E-state index is 4.77. The Kier molecular flexibility index (Phi) is 3.45. The van der Waals surface area contributed by atoms with Crippen LogP contribution in [0.4, 0.5) is 0 Å². The van der Waals surface area contributed by atoms with Crippen LogP contribution in [0.3, 0.4) is 0 Å². The molecule has 1 aliphatic rings. The second-order valence-corrected chi connectivity index (χ2v) is 6.61. The van der Waals surface area contributed by atoms with Crippen molar-refractivity contribution in [2.75, 3.05) is 13.1 Å². The van der Waals surface area contributed by atoms with Crippen molar-refractivity contribution in [1.29, 1.82) is 0 Å². The van der Waals surface area contributed by atoms with E-state index >= 15 is 0 Å². The van der Waals surface area contributed by atoms with Gasteiger partial charge in [0.15, 0.2) is 0 Å². The molecule has 1 unspecified atom stereocenters. The van der Waals surface area contributed by atoms with Gasteiger partial charge in [0.2, 0.25) is 0 Å². The Labute approximate surface area is 136 Å². The van der Waals surface area contributed by atoms with Crippen LogP contribution < -0.4 is 0 Å². The molecule has 120 valence electrons. The smallest absolute Gasteiger partial charge is 0.110 e. The number of imidazole rings is 1. The molecule has 23 heavy (non-hydrogen) atoms. The zero-order valence-corrected chi connectivity index (χ0v) is 14.0. The summed E-state index contributed by atoms with van der Waals surface area (Å²) in [5.41, 5.74) is 4.77. The summed E-state index contributed by atoms with van der Waals surface area (Å²) >= 11 is 0. The normalized spacial score (nSPS) is 19.0. The number of rotatable bonds is 3. The summed E-state index contributed by atoms with van der Waals surface area (Å²) in [5.74, 6) is 1.06. The lowest BCUT2D eigenvalue weighted by Gasteiger charge is -2.16. The van der Waals surface area contributed by atoms with E-state index in [2.05, 4.69) is 70.3 Å². The largest absolute Gasteiger partial charge is 0.304 e. The first-order valence-electron chi connectivity index (χ1n) is 8.29. The van der Waals surface area contributed by atoms with Gasteiger partial charge < -0.3 is 4.40 Å². The molecule has 0 saturated carbocycles. The Bertz CT molecular complexity index is 844. The molecular formula is C18H23N5. The van der Waals surface area contributed by atoms with Crippen molar-refractivity contribution in [3.05, 3.63) is 53.4 Å². The number of pyridine rings is 1. The summed E-state index contributed by atoms with van der Waals surface area (Å²) in [6.45, 7) is 9.35. The Morgan fingerprint density at radius 3 is 2.87 bits per heavy atom. The highest BCUT2D eigenvalue weighted by molar-refractivity contribution is 5.53. The minimum absolute atomic E-state index is 0.485. The van der Waals surface area contributed by atoms with E-state index in [0.717, 1.165) is 37.6 Å². The van der Waals surface area contributed by atoms with Crippen LogP contribution in [-0.2, 0) is 6.54 Å². The van der Waals surface area contributed by atoms with Crippen molar-refractivity contribution < 1.29 is 0 Å². The van der Waals surface area contributed by atoms with E-state index in [-0.39, 0.29) is 0 Å². The molecule has 0 aromatic carbocycles. The zero-order chi connectivity index (χ0) is 16.0. The molecule has 0 spiro atoms. The first-order chi connectivity index (χ1) is 11.1. The molecule has 5 heteroatoms. The first kappa shape index (κ1) is 14.5. The fraction of sp³-hybridized carbons (Fsp3) is 0.444. The molecule has 1 aliphatic heterocycles. The summed E-state index contributed by atoms with van der Waals surface area (Å²) in [4.78, 5) is 7.27. The SMILES string of the molecule is Cc1cc(C)n(C2CCN(Cc3nc(C)n4ccccc34)C2)n1. The van der Waals surface area contributed by atoms with Gasteiger partial charge in [-0.1, -0.05) is 6.07 Å². The van der Waals surface area contributed by atoms with E-state index in [4.69, 9.17) is 4.98 Å². The van der Waals surface area contributed by atoms with Gasteiger partial charge in [0.05, 0.1) is 22.9 Å². The lowest BCUT2D eigenvalue weighted by atomic mass is 10.2. The van der Waals surface area contributed by atoms with Gasteiger partial charge >= 0.3 is 0 Å². The van der Waals surface area contributed by atoms with Crippen molar-refractivity contribution in [2.24, 2.45) is 0 Å². The monoisotopic (exact) mass is 309 g/mol. The molecule has 0 aliphatic carbocycles. The van der Waals surface area contributed by atoms with Gasteiger partial charge in [0.25, 0.3) is 0 Å². The van der Waals surface area contributed by atoms with Crippen LogP contribution in [0.1, 0.15) is 35.4 Å². The highest BCUT2D eigenvalue weighted by Crippen LogP contribution is 2.25. The molecule has 3 aromatic rings. The fourth-order valence-corrected chi connectivity index (χ4v) is 3.77. The molecule has 0 radical (unpaired) electrons. The third kappa shape index (κ3) is 2.55. The van der Waals surface area contributed by atoms with Crippen LogP contribution in [0, 0.1) is 20.8 Å². The van der Waals surface area contributed by atoms with Crippen molar-refractivity contribution >= 4 is 5.52 Å². The van der Waals surface area contributed by atoms with Gasteiger partial charge in [-0.05, 0) is 45.4 Å². The topological polar surface area (TPSA) is 38.4 Å². The fourth-order valence-electron chi connectivity index (χ4n) is 3.77. The summed E-state index contributed by atoms with van der Waals surface area (Å²) in [6, 6.07) is 8.94. The summed E-state index contributed by atoms with van der Waals surface area (Å²) < 4.78 is 4.37. The van der Waals surface area contributed by atoms with Crippen LogP contribution in [0.5, 0.6) is 0 Å². The van der Waals surface area contributed by atoms with E-state index in [0.29, 0.717) is 6.04 Å². The maximum Gasteiger partial charge on any atom is 0.110 e. The Morgan fingerprint density at radius 1 is 1.22 bits per heavy atom. The third-order valence-electron chi connectivity index (χ3n) is 4.81. The molecule has 4 rings (SSSR count). The predicted octanol–water partition coefficient (Wildman–Crippen LogP) is 2.90. The Morgan fingerprint density at radius 2 is 2.09 bits per heavy atom. The minimum atomic E-state index is 0.485. The number of likely N-dealkylation sites (tertiary alicyclic amines) is 1. The number of nitrogens with zero attached hydrogens (tertiary/aromatic N) is 5. The Hall–Kier alpha value is -2.14. The predicted molar refractivity (Wildman–Crippen MR) is 90.6 cm³/mol. The second kappa shape index (κ2) is 5.49. The average Bonchev–Trinajstić information content (AvgIpc) is 3.20. The second-order valence-electron chi connectivity index (χ2n) is 6.61. The quantitative estimate of drug-likeness (QED) is 0.746. The lowest BCUT2D eigenvalue weighted by Crippen LogP contribution is -2.22. The lowest BCUT2D eigenvalue weighted by molar-refractivity contribution is 0.308. The van der Waals surface area contributed by atoms with Crippen molar-refractivity contribution in [3.63, 3.8) is 0 Å². The molecule has 0 amide bonds. The van der Waals surface area contributed by atoms with Crippen LogP contribution in [0.15, 0.2) is 30.5 Å². The van der Waals surface area contributed by atoms with Crippen molar-refractivity contribution in [3.8, 4) is 0 Å². The highest BCUT2D eigenvalue weighted by Gasteiger charge is 2.26. The summed E-state index contributed by atoms with van der Waals surface area (Å²) in [6.07, 6.45) is 3.25. The van der Waals surface area contributed by atoms with Gasteiger partial charge in [-0.2, -0.15) is 5.10 Å². The van der Waals surface area contributed by atoms with Crippen LogP contribution in [-0.4, -0.2) is 37.2 Å². The standard InChI is InChI=1S/C18H23N5/c1-13-10-14(2)23(20-13)16-7-9-21(11-16)12-17-18-6-4-5-8-22(18)15(3)19-17/h4-6,8,10,16H,7,9,11-12H2,1-3H3. The van der Waals surface area contributed by atoms with Gasteiger partial charge in [0.1, 0.15) is 5.82 Å². The molecule has 1 atom stereocenters. The van der Waals surface area contributed by atoms with E-state index in [1.807, 2.05) is 0 Å². The molecule has 5 nitrogen and oxygen atoms in total. The van der Waals surface area contributed by atoms with Crippen molar-refractivity contribution in [1.82, 2.24) is 24.1 Å². The molecule has 1 fully saturated rings. The first-order valence-corrected chi connectivity index (χ1v) is 8.29. The molecular weight excluding hydrogens is 286 g/mol. The number of fused-ring (bicyclic) bond motifs is 1. The number of hydrogen-bond acceptors (Lipinski definition) is 3. The Balaban J connectivity index is 1.53. The third-order valence-corrected chi connectivity index (χ3v) is 4.81. The van der Waals surface area contributed by atoms with Crippen LogP contribution in [0.25, 0.3) is 5.52 Å². The molecule has 4 heterocycles. The zero-order valence-electron chi connectivity index (χ0n) is 14.0. The minimum Gasteiger partial charge on any atom is -0.304 e. The van der Waals surface area contributed by atoms with E-state index < -0.39 is 0 Å². The number of hydrogen-bond donors (Lipinski definition) is 0. The summed E-state index contributed by atoms with van der Waals surface area (Å²) in [7, 11) is 0. The number of aromatic nitrogens is 4. The van der Waals surface area contributed by atoms with E-state index in [1.165, 1.54) is 16.9 Å². The van der Waals surface area contributed by atoms with Crippen LogP contribution >= 0.6 is 0 Å². The maximum atomic E-state index is 4.77. The van der Waals surface area contributed by atoms with Gasteiger partial charge in [-0.15, -0.1) is 0 Å². The summed E-state index contributed by atoms with van der Waals surface area (Å²) in [5, 5.41) is 4.66. The van der Waals surface area contributed by atoms with Crippen LogP contribution in [0.2, 0.25) is 0 Å². The van der Waals surface area contributed by atoms with Gasteiger partial charge in [-0.3, -0.25) is 9.58 Å². The van der Waals surface area contributed by atoms with Gasteiger partial charge in [-0.25, -0.2) is 4.98 Å². The molecule has 0 bridgehead atoms. The molecule has 3 aromatic heterocycles. The van der Waals surface area contributed by atoms with E-state index in [1.54, 1.807) is 0 Å². The van der Waals surface area contributed by atoms with Crippen molar-refractivity contribution in [2.45, 2.75) is 39.8 Å². The van der Waals surface area contributed by atoms with Gasteiger partial charge in [0, 0.05) is 31.5 Å². The molecule has 0 N–H and O–H groups in total. The van der Waals surface area contributed by atoms with E-state index in [9.17, 15) is 0 Å². The highest BCUT2D eigenvalue weighted by atomic mass is 15.3.